The molecule has 0 aliphatic rings. The van der Waals surface area contributed by atoms with Gasteiger partial charge in [-0.15, -0.1) is 10.2 Å². The first kappa shape index (κ1) is 10.6. The summed E-state index contributed by atoms with van der Waals surface area (Å²) in [6.45, 7) is 0. The average molecular weight is 239 g/mol. The van der Waals surface area contributed by atoms with Gasteiger partial charge < -0.3 is 11.6 Å². The van der Waals surface area contributed by atoms with E-state index < -0.39 is 0 Å². The third-order valence-electron chi connectivity index (χ3n) is 3.02. The molecule has 1 heterocycles. The van der Waals surface area contributed by atoms with Crippen molar-refractivity contribution in [2.75, 3.05) is 11.6 Å². The van der Waals surface area contributed by atoms with Crippen molar-refractivity contribution in [3.05, 3.63) is 53.9 Å². The lowest BCUT2D eigenvalue weighted by atomic mass is 10.0. The van der Waals surface area contributed by atoms with Crippen molar-refractivity contribution in [2.45, 2.75) is 6.42 Å². The zero-order valence-corrected chi connectivity index (χ0v) is 9.74. The minimum Gasteiger partial charge on any atom is -0.366 e. The van der Waals surface area contributed by atoms with Crippen molar-refractivity contribution in [3.8, 4) is 0 Å². The van der Waals surface area contributed by atoms with Gasteiger partial charge in [-0.25, -0.2) is 4.68 Å². The molecule has 1 aromatic heterocycles. The number of benzene rings is 2. The van der Waals surface area contributed by atoms with Crippen LogP contribution in [0.2, 0.25) is 0 Å². The van der Waals surface area contributed by atoms with E-state index in [-0.39, 0.29) is 5.95 Å². The topological polar surface area (TPSA) is 82.8 Å². The Kier molecular flexibility index (Phi) is 2.37. The van der Waals surface area contributed by atoms with Gasteiger partial charge >= 0.3 is 0 Å². The SMILES string of the molecule is Nc1nnc(Cc2cccc3ccccc23)n1N. The molecule has 0 saturated heterocycles. The number of hydrogen-bond donors (Lipinski definition) is 2. The summed E-state index contributed by atoms with van der Waals surface area (Å²) < 4.78 is 1.32. The fraction of sp³-hybridized carbons (Fsp3) is 0.0769. The molecule has 0 saturated carbocycles. The van der Waals surface area contributed by atoms with Crippen molar-refractivity contribution < 1.29 is 0 Å². The van der Waals surface area contributed by atoms with Crippen LogP contribution < -0.4 is 11.6 Å². The molecule has 0 fully saturated rings. The van der Waals surface area contributed by atoms with E-state index in [9.17, 15) is 0 Å². The minimum absolute atomic E-state index is 0.227. The largest absolute Gasteiger partial charge is 0.366 e. The van der Waals surface area contributed by atoms with E-state index in [1.807, 2.05) is 18.2 Å². The van der Waals surface area contributed by atoms with Gasteiger partial charge in [0.05, 0.1) is 0 Å². The summed E-state index contributed by atoms with van der Waals surface area (Å²) in [5, 5.41) is 10.1. The Morgan fingerprint density at radius 1 is 1.00 bits per heavy atom. The van der Waals surface area contributed by atoms with E-state index >= 15 is 0 Å². The zero-order valence-electron chi connectivity index (χ0n) is 9.74. The smallest absolute Gasteiger partial charge is 0.240 e. The fourth-order valence-corrected chi connectivity index (χ4v) is 2.08. The van der Waals surface area contributed by atoms with Gasteiger partial charge in [-0.1, -0.05) is 42.5 Å². The van der Waals surface area contributed by atoms with Crippen LogP contribution in [0.3, 0.4) is 0 Å². The molecule has 0 aliphatic carbocycles. The molecule has 2 aromatic carbocycles. The molecule has 90 valence electrons. The Labute approximate surface area is 104 Å². The highest BCUT2D eigenvalue weighted by Gasteiger charge is 2.09. The number of nitrogens with two attached hydrogens (primary N) is 2. The molecule has 0 aliphatic heterocycles. The molecule has 0 amide bonds. The van der Waals surface area contributed by atoms with E-state index in [2.05, 4.69) is 34.5 Å². The lowest BCUT2D eigenvalue weighted by molar-refractivity contribution is 0.882. The molecule has 0 radical (unpaired) electrons. The summed E-state index contributed by atoms with van der Waals surface area (Å²) in [6.07, 6.45) is 0.613. The van der Waals surface area contributed by atoms with Crippen LogP contribution >= 0.6 is 0 Å². The van der Waals surface area contributed by atoms with Gasteiger partial charge in [-0.3, -0.25) is 0 Å². The Hall–Kier alpha value is -2.56. The summed E-state index contributed by atoms with van der Waals surface area (Å²) in [5.41, 5.74) is 6.73. The second-order valence-electron chi connectivity index (χ2n) is 4.16. The molecule has 5 nitrogen and oxygen atoms in total. The van der Waals surface area contributed by atoms with E-state index in [0.29, 0.717) is 12.2 Å². The Balaban J connectivity index is 2.08. The number of nitrogens with zero attached hydrogens (tertiary/aromatic N) is 3. The molecule has 0 atom stereocenters. The van der Waals surface area contributed by atoms with Gasteiger partial charge in [-0.2, -0.15) is 0 Å². The number of fused-ring (bicyclic) bond motifs is 1. The van der Waals surface area contributed by atoms with Gasteiger partial charge in [-0.05, 0) is 16.3 Å². The summed E-state index contributed by atoms with van der Waals surface area (Å²) in [5.74, 6) is 6.64. The molecule has 5 heteroatoms. The monoisotopic (exact) mass is 239 g/mol. The lowest BCUT2D eigenvalue weighted by Gasteiger charge is -2.06. The van der Waals surface area contributed by atoms with Crippen molar-refractivity contribution in [1.82, 2.24) is 14.9 Å². The highest BCUT2D eigenvalue weighted by molar-refractivity contribution is 5.85. The first-order valence-corrected chi connectivity index (χ1v) is 5.67. The van der Waals surface area contributed by atoms with Crippen LogP contribution in [0, 0.1) is 0 Å². The highest BCUT2D eigenvalue weighted by atomic mass is 15.4. The van der Waals surface area contributed by atoms with Crippen LogP contribution in [0.15, 0.2) is 42.5 Å². The summed E-state index contributed by atoms with van der Waals surface area (Å²) in [7, 11) is 0. The van der Waals surface area contributed by atoms with Crippen LogP contribution in [-0.4, -0.2) is 14.9 Å². The quantitative estimate of drug-likeness (QED) is 0.661. The lowest BCUT2D eigenvalue weighted by Crippen LogP contribution is -2.15. The van der Waals surface area contributed by atoms with Gasteiger partial charge in [0.2, 0.25) is 5.95 Å². The Morgan fingerprint density at radius 3 is 2.56 bits per heavy atom. The Morgan fingerprint density at radius 2 is 1.78 bits per heavy atom. The molecule has 0 spiro atoms. The average Bonchev–Trinajstić information content (AvgIpc) is 2.71. The first-order valence-electron chi connectivity index (χ1n) is 5.67. The normalized spacial score (nSPS) is 10.9. The molecule has 0 bridgehead atoms. The molecule has 3 aromatic rings. The maximum atomic E-state index is 5.76. The van der Waals surface area contributed by atoms with E-state index in [0.717, 1.165) is 5.56 Å². The summed E-state index contributed by atoms with van der Waals surface area (Å²) in [4.78, 5) is 0. The Bertz CT molecular complexity index is 696. The van der Waals surface area contributed by atoms with Crippen molar-refractivity contribution in [1.29, 1.82) is 0 Å². The van der Waals surface area contributed by atoms with Crippen LogP contribution in [0.5, 0.6) is 0 Å². The number of hydrogen-bond acceptors (Lipinski definition) is 4. The molecule has 0 unspecified atom stereocenters. The molecule has 3 rings (SSSR count). The second kappa shape index (κ2) is 4.03. The maximum absolute atomic E-state index is 5.76. The minimum atomic E-state index is 0.227. The van der Waals surface area contributed by atoms with Gasteiger partial charge in [0.25, 0.3) is 0 Å². The second-order valence-corrected chi connectivity index (χ2v) is 4.16. The summed E-state index contributed by atoms with van der Waals surface area (Å²) in [6, 6.07) is 14.4. The van der Waals surface area contributed by atoms with Gasteiger partial charge in [0.15, 0.2) is 5.82 Å². The standard InChI is InChI=1S/C13H13N5/c14-13-17-16-12(18(13)15)8-10-6-3-5-9-4-1-2-7-11(9)10/h1-7H,8,15H2,(H2,14,17). The van der Waals surface area contributed by atoms with Crippen LogP contribution in [-0.2, 0) is 6.42 Å². The van der Waals surface area contributed by atoms with E-state index in [1.165, 1.54) is 15.4 Å². The fourth-order valence-electron chi connectivity index (χ4n) is 2.08. The predicted octanol–water partition coefficient (Wildman–Crippen LogP) is 1.32. The van der Waals surface area contributed by atoms with Crippen molar-refractivity contribution in [2.24, 2.45) is 0 Å². The first-order chi connectivity index (χ1) is 8.75. The highest BCUT2D eigenvalue weighted by Crippen LogP contribution is 2.20. The zero-order chi connectivity index (χ0) is 12.5. The number of anilines is 1. The molecular formula is C13H13N5. The number of aromatic nitrogens is 3. The predicted molar refractivity (Wildman–Crippen MR) is 71.3 cm³/mol. The third-order valence-corrected chi connectivity index (χ3v) is 3.02. The molecular weight excluding hydrogens is 226 g/mol. The van der Waals surface area contributed by atoms with E-state index in [1.54, 1.807) is 0 Å². The number of nitrogen functional groups attached to an aromatic ring is 2. The number of rotatable bonds is 2. The van der Waals surface area contributed by atoms with Crippen molar-refractivity contribution >= 4 is 16.7 Å². The van der Waals surface area contributed by atoms with Gasteiger partial charge in [0.1, 0.15) is 0 Å². The maximum Gasteiger partial charge on any atom is 0.240 e. The van der Waals surface area contributed by atoms with Crippen LogP contribution in [0.4, 0.5) is 5.95 Å². The van der Waals surface area contributed by atoms with Gasteiger partial charge in [0, 0.05) is 6.42 Å². The van der Waals surface area contributed by atoms with Crippen LogP contribution in [0.25, 0.3) is 10.8 Å². The van der Waals surface area contributed by atoms with Crippen LogP contribution in [0.1, 0.15) is 11.4 Å². The summed E-state index contributed by atoms with van der Waals surface area (Å²) >= 11 is 0. The third kappa shape index (κ3) is 1.66. The molecule has 18 heavy (non-hydrogen) atoms. The van der Waals surface area contributed by atoms with Crippen molar-refractivity contribution in [3.63, 3.8) is 0 Å². The molecule has 4 N–H and O–H groups in total. The van der Waals surface area contributed by atoms with E-state index in [4.69, 9.17) is 11.6 Å².